The summed E-state index contributed by atoms with van der Waals surface area (Å²) in [5, 5.41) is 22.0. The molecule has 0 aromatic heterocycles. The molecule has 1 aromatic rings. The van der Waals surface area contributed by atoms with E-state index in [-0.39, 0.29) is 36.6 Å². The van der Waals surface area contributed by atoms with E-state index in [0.717, 1.165) is 11.8 Å². The van der Waals surface area contributed by atoms with Crippen LogP contribution in [0.5, 0.6) is 0 Å². The van der Waals surface area contributed by atoms with Crippen molar-refractivity contribution in [3.05, 3.63) is 29.8 Å². The molecule has 0 aliphatic heterocycles. The minimum atomic E-state index is -2.96. The van der Waals surface area contributed by atoms with Gasteiger partial charge in [-0.1, -0.05) is 0 Å². The average Bonchev–Trinajstić information content (AvgIpc) is 2.75. The van der Waals surface area contributed by atoms with Gasteiger partial charge in [-0.2, -0.15) is 0 Å². The van der Waals surface area contributed by atoms with Crippen LogP contribution in [0.3, 0.4) is 0 Å². The van der Waals surface area contributed by atoms with Crippen molar-refractivity contribution in [1.82, 2.24) is 10.6 Å². The number of thioether (sulfide) groups is 1. The monoisotopic (exact) mass is 547 g/mol. The molecule has 0 spiro atoms. The Morgan fingerprint density at radius 2 is 1.70 bits per heavy atom. The minimum absolute atomic E-state index is 0.0159. The Morgan fingerprint density at radius 3 is 2.24 bits per heavy atom. The summed E-state index contributed by atoms with van der Waals surface area (Å²) in [6, 6.07) is 3.96. The van der Waals surface area contributed by atoms with Crippen molar-refractivity contribution in [1.29, 1.82) is 0 Å². The van der Waals surface area contributed by atoms with E-state index in [1.807, 2.05) is 0 Å². The van der Waals surface area contributed by atoms with Crippen LogP contribution in [0.4, 0.5) is 0 Å². The molecule has 33 heavy (non-hydrogen) atoms. The first-order chi connectivity index (χ1) is 15.5. The summed E-state index contributed by atoms with van der Waals surface area (Å²) in [5.41, 5.74) is 6.03. The zero-order chi connectivity index (χ0) is 25.0. The van der Waals surface area contributed by atoms with Crippen LogP contribution in [0.15, 0.2) is 24.3 Å². The minimum Gasteiger partial charge on any atom is -0.480 e. The molecule has 182 valence electrons. The molecule has 2 atom stereocenters. The van der Waals surface area contributed by atoms with Crippen LogP contribution >= 0.6 is 11.8 Å². The Labute approximate surface area is 198 Å². The molecular weight excluding hydrogens is 521 g/mol. The average molecular weight is 547 g/mol. The van der Waals surface area contributed by atoms with Crippen molar-refractivity contribution in [2.75, 3.05) is 18.1 Å². The first kappa shape index (κ1) is 28.6. The van der Waals surface area contributed by atoms with Crippen molar-refractivity contribution < 1.29 is 42.4 Å². The normalized spacial score (nSPS) is 12.6. The molecule has 0 saturated heterocycles. The van der Waals surface area contributed by atoms with E-state index >= 15 is 0 Å². The fourth-order valence-electron chi connectivity index (χ4n) is 2.46. The number of Topliss-reactive ketones (excluding diaryl/α,β-unsaturated/α-hetero) is 1. The van der Waals surface area contributed by atoms with E-state index in [0.29, 0.717) is 9.91 Å². The number of hydrogen-bond donors (Lipinski definition) is 7. The summed E-state index contributed by atoms with van der Waals surface area (Å²) in [6.07, 6.45) is -0.307. The van der Waals surface area contributed by atoms with Gasteiger partial charge in [-0.05, 0) is 6.42 Å². The number of benzene rings is 1. The Kier molecular flexibility index (Phi) is 12.7. The van der Waals surface area contributed by atoms with Crippen LogP contribution in [0.2, 0.25) is 0 Å². The fraction of sp³-hybridized carbons (Fsp3) is 0.421. The molecule has 0 heterocycles. The number of ketones is 1. The molecule has 0 aliphatic rings. The maximum atomic E-state index is 12.2. The van der Waals surface area contributed by atoms with E-state index in [1.54, 1.807) is 24.3 Å². The third-order valence-electron chi connectivity index (χ3n) is 4.18. The third-order valence-corrected chi connectivity index (χ3v) is 6.87. The van der Waals surface area contributed by atoms with Crippen LogP contribution in [-0.4, -0.2) is 93.4 Å². The molecular formula is C19H26AsN3O9S. The topological polar surface area (TPSA) is 216 Å². The van der Waals surface area contributed by atoms with Crippen LogP contribution in [0, 0.1) is 0 Å². The van der Waals surface area contributed by atoms with Crippen molar-refractivity contribution in [3.63, 3.8) is 0 Å². The third kappa shape index (κ3) is 11.8. The van der Waals surface area contributed by atoms with Crippen molar-refractivity contribution in [3.8, 4) is 0 Å². The standard InChI is InChI=1S/C19H26AsN3O9S/c21-14(19(29)30)5-6-16(25)23-15(18(28)22-8-17(26)27)10-33-9-13(24)7-11-1-3-12(4-2-11)20(31)32/h1-4,14-15,31-32H,5-10,21H2,(H,22,28)(H,23,25)(H,26,27)(H,29,30)/t14-,15-/m0/s1. The molecule has 1 rings (SSSR count). The number of carbonyl (C=O) groups is 5. The zero-order valence-corrected chi connectivity index (χ0v) is 20.2. The number of aliphatic carboxylic acids is 2. The Bertz CT molecular complexity index is 851. The second-order valence-corrected chi connectivity index (χ2v) is 10.2. The van der Waals surface area contributed by atoms with Gasteiger partial charge < -0.3 is 15.9 Å². The predicted octanol–water partition coefficient (Wildman–Crippen LogP) is -2.91. The smallest absolute Gasteiger partial charge is 0.480 e. The molecule has 0 bridgehead atoms. The molecule has 12 nitrogen and oxygen atoms in total. The van der Waals surface area contributed by atoms with Crippen molar-refractivity contribution >= 4 is 61.0 Å². The molecule has 0 unspecified atom stereocenters. The van der Waals surface area contributed by atoms with E-state index in [4.69, 9.17) is 15.9 Å². The summed E-state index contributed by atoms with van der Waals surface area (Å²) < 4.78 is 18.9. The van der Waals surface area contributed by atoms with Gasteiger partial charge in [-0.3, -0.25) is 14.4 Å². The van der Waals surface area contributed by atoms with Crippen LogP contribution in [-0.2, 0) is 30.4 Å². The molecule has 0 radical (unpaired) electrons. The van der Waals surface area contributed by atoms with E-state index < -0.39 is 57.7 Å². The number of carbonyl (C=O) groups excluding carboxylic acids is 3. The van der Waals surface area contributed by atoms with E-state index in [2.05, 4.69) is 10.6 Å². The molecule has 8 N–H and O–H groups in total. The molecule has 0 saturated carbocycles. The predicted molar refractivity (Wildman–Crippen MR) is 120 cm³/mol. The zero-order valence-electron chi connectivity index (χ0n) is 17.5. The number of rotatable bonds is 15. The summed E-state index contributed by atoms with van der Waals surface area (Å²) >= 11 is -1.90. The number of amides is 2. The van der Waals surface area contributed by atoms with E-state index in [9.17, 15) is 32.2 Å². The van der Waals surface area contributed by atoms with Crippen molar-refractivity contribution in [2.24, 2.45) is 5.73 Å². The van der Waals surface area contributed by atoms with Gasteiger partial charge in [0.25, 0.3) is 0 Å². The van der Waals surface area contributed by atoms with Gasteiger partial charge in [0.1, 0.15) is 12.6 Å². The van der Waals surface area contributed by atoms with Gasteiger partial charge in [0.05, 0.1) is 0 Å². The summed E-state index contributed by atoms with van der Waals surface area (Å²) in [4.78, 5) is 57.9. The van der Waals surface area contributed by atoms with Crippen LogP contribution in [0.25, 0.3) is 0 Å². The van der Waals surface area contributed by atoms with Crippen LogP contribution in [0.1, 0.15) is 18.4 Å². The van der Waals surface area contributed by atoms with Gasteiger partial charge in [-0.25, -0.2) is 0 Å². The quantitative estimate of drug-likeness (QED) is 0.110. The Morgan fingerprint density at radius 1 is 1.06 bits per heavy atom. The maximum absolute atomic E-state index is 12.2. The van der Waals surface area contributed by atoms with Gasteiger partial charge in [0, 0.05) is 6.42 Å². The molecule has 0 aliphatic carbocycles. The van der Waals surface area contributed by atoms with Crippen LogP contribution < -0.4 is 20.7 Å². The molecule has 1 aromatic carbocycles. The van der Waals surface area contributed by atoms with Gasteiger partial charge in [-0.15, -0.1) is 0 Å². The summed E-state index contributed by atoms with van der Waals surface area (Å²) in [6.45, 7) is -0.653. The number of nitrogens with one attached hydrogen (secondary N) is 2. The van der Waals surface area contributed by atoms with Crippen molar-refractivity contribution in [2.45, 2.75) is 31.3 Å². The fourth-order valence-corrected chi connectivity index (χ4v) is 4.25. The second kappa shape index (κ2) is 14.7. The molecule has 0 fully saturated rings. The Balaban J connectivity index is 2.60. The van der Waals surface area contributed by atoms with E-state index in [1.165, 1.54) is 0 Å². The SMILES string of the molecule is N[C@@H](CCC(=O)N[C@@H](CSCC(=O)Cc1ccc([As](O)O)cc1)C(=O)NCC(=O)O)C(=O)O. The summed E-state index contributed by atoms with van der Waals surface area (Å²) in [7, 11) is 0. The first-order valence-corrected chi connectivity index (χ1v) is 13.4. The molecule has 14 heteroatoms. The van der Waals surface area contributed by atoms with Gasteiger partial charge in [0.15, 0.2) is 0 Å². The molecule has 2 amide bonds. The summed E-state index contributed by atoms with van der Waals surface area (Å²) in [5.74, 6) is -4.10. The number of carboxylic acids is 2. The van der Waals surface area contributed by atoms with Gasteiger partial charge in [0.2, 0.25) is 0 Å². The van der Waals surface area contributed by atoms with Gasteiger partial charge >= 0.3 is 143 Å². The number of nitrogens with two attached hydrogens (primary N) is 1. The number of hydrogen-bond acceptors (Lipinski definition) is 9. The number of carboxylic acid groups (broad SMARTS) is 2. The Hall–Kier alpha value is -2.44. The first-order valence-electron chi connectivity index (χ1n) is 9.63. The second-order valence-electron chi connectivity index (χ2n) is 6.90.